The Labute approximate surface area is 116 Å². The second-order valence-corrected chi connectivity index (χ2v) is 5.55. The van der Waals surface area contributed by atoms with Gasteiger partial charge in [-0.25, -0.2) is 0 Å². The number of aliphatic hydroxyl groups is 3. The van der Waals surface area contributed by atoms with E-state index in [1.807, 2.05) is 0 Å². The number of benzene rings is 1. The van der Waals surface area contributed by atoms with Gasteiger partial charge >= 0.3 is 0 Å². The van der Waals surface area contributed by atoms with E-state index in [1.54, 1.807) is 0 Å². The van der Waals surface area contributed by atoms with E-state index in [9.17, 15) is 25.2 Å². The Balaban J connectivity index is 1.99. The van der Waals surface area contributed by atoms with Gasteiger partial charge < -0.3 is 25.3 Å². The molecular weight excluding hydrogens is 261 g/mol. The van der Waals surface area contributed by atoms with Crippen molar-refractivity contribution >= 4 is 13.8 Å². The van der Waals surface area contributed by atoms with Crippen LogP contribution in [-0.4, -0.2) is 56.4 Å². The van der Waals surface area contributed by atoms with E-state index >= 15 is 0 Å². The molecule has 4 N–H and O–H groups in total. The van der Waals surface area contributed by atoms with Crippen molar-refractivity contribution in [2.75, 3.05) is 0 Å². The van der Waals surface area contributed by atoms with Crippen LogP contribution >= 0.6 is 0 Å². The molecule has 2 unspecified atom stereocenters. The lowest BCUT2D eigenvalue weighted by atomic mass is 9.76. The number of rotatable bonds is 1. The summed E-state index contributed by atoms with van der Waals surface area (Å²) in [6, 6.07) is 2.98. The van der Waals surface area contributed by atoms with E-state index in [1.165, 1.54) is 18.2 Å². The lowest BCUT2D eigenvalue weighted by molar-refractivity contribution is -0.199. The predicted octanol–water partition coefficient (Wildman–Crippen LogP) is -0.952. The molecule has 0 saturated heterocycles. The third kappa shape index (κ3) is 1.82. The number of phenols is 1. The highest BCUT2D eigenvalue weighted by atomic mass is 16.5. The van der Waals surface area contributed by atoms with Gasteiger partial charge in [0.1, 0.15) is 19.6 Å². The van der Waals surface area contributed by atoms with Gasteiger partial charge in [-0.1, -0.05) is 0 Å². The average molecular weight is 275 g/mol. The maximum Gasteiger partial charge on any atom is 0.255 e. The Morgan fingerprint density at radius 1 is 1.25 bits per heavy atom. The number of hydrogen-bond acceptors (Lipinski definition) is 5. The van der Waals surface area contributed by atoms with Crippen molar-refractivity contribution in [2.24, 2.45) is 0 Å². The van der Waals surface area contributed by atoms with Crippen molar-refractivity contribution in [2.45, 2.75) is 36.7 Å². The molecule has 1 aromatic carbocycles. The van der Waals surface area contributed by atoms with Crippen LogP contribution in [0.1, 0.15) is 28.8 Å². The van der Waals surface area contributed by atoms with Crippen molar-refractivity contribution in [3.05, 3.63) is 29.3 Å². The summed E-state index contributed by atoms with van der Waals surface area (Å²) in [7, 11) is 5.70. The van der Waals surface area contributed by atoms with Gasteiger partial charge in [0.15, 0.2) is 5.79 Å². The standard InChI is InChI=1S/C13H14BNO5/c14-12(18)3-4-13(19,20)11(12)15-6-7-5-8(16)1-2-9(7)10(15)17/h1-2,5,11,16,18-20H,3-4,6H2. The molecule has 1 heterocycles. The minimum Gasteiger partial charge on any atom is -0.508 e. The zero-order valence-corrected chi connectivity index (χ0v) is 10.7. The van der Waals surface area contributed by atoms with Gasteiger partial charge in [-0.05, 0) is 30.2 Å². The maximum absolute atomic E-state index is 12.3. The van der Waals surface area contributed by atoms with Crippen LogP contribution in [0, 0.1) is 0 Å². The number of nitrogens with zero attached hydrogens (tertiary/aromatic N) is 1. The van der Waals surface area contributed by atoms with Crippen LogP contribution in [0.3, 0.4) is 0 Å². The molecule has 1 aliphatic heterocycles. The molecule has 1 amide bonds. The number of phenolic OH excluding ortho intramolecular Hbond substituents is 1. The SMILES string of the molecule is [B]C1(O)CCC(O)(O)C1N1Cc2cc(O)ccc2C1=O. The number of fused-ring (bicyclic) bond motifs is 1. The van der Waals surface area contributed by atoms with Crippen molar-refractivity contribution < 1.29 is 25.2 Å². The summed E-state index contributed by atoms with van der Waals surface area (Å²) in [6.07, 6.45) is -0.133. The minimum atomic E-state index is -2.23. The second kappa shape index (κ2) is 3.97. The summed E-state index contributed by atoms with van der Waals surface area (Å²) in [6.45, 7) is 0.0651. The molecule has 2 radical (unpaired) electrons. The first-order valence-electron chi connectivity index (χ1n) is 6.31. The summed E-state index contributed by atoms with van der Waals surface area (Å²) in [4.78, 5) is 13.5. The van der Waals surface area contributed by atoms with E-state index < -0.39 is 23.2 Å². The zero-order valence-electron chi connectivity index (χ0n) is 10.7. The molecule has 1 aromatic rings. The second-order valence-electron chi connectivity index (χ2n) is 5.55. The summed E-state index contributed by atoms with van der Waals surface area (Å²) in [5.74, 6) is -2.65. The molecule has 0 bridgehead atoms. The number of carbonyl (C=O) groups excluding carboxylic acids is 1. The van der Waals surface area contributed by atoms with Gasteiger partial charge in [-0.3, -0.25) is 4.79 Å². The van der Waals surface area contributed by atoms with Gasteiger partial charge in [0.05, 0.1) is 0 Å². The summed E-state index contributed by atoms with van der Waals surface area (Å²) < 4.78 is 0. The van der Waals surface area contributed by atoms with Gasteiger partial charge in [0.2, 0.25) is 0 Å². The molecule has 0 aromatic heterocycles. The predicted molar refractivity (Wildman–Crippen MR) is 68.9 cm³/mol. The molecular formula is C13H14BNO5. The molecule has 104 valence electrons. The smallest absolute Gasteiger partial charge is 0.255 e. The first-order chi connectivity index (χ1) is 9.22. The number of amides is 1. The largest absolute Gasteiger partial charge is 0.508 e. The third-order valence-corrected chi connectivity index (χ3v) is 4.04. The topological polar surface area (TPSA) is 101 Å². The Bertz CT molecular complexity index is 570. The number of hydrogen-bond donors (Lipinski definition) is 4. The zero-order chi connectivity index (χ0) is 14.7. The van der Waals surface area contributed by atoms with Gasteiger partial charge in [-0.2, -0.15) is 0 Å². The van der Waals surface area contributed by atoms with E-state index in [2.05, 4.69) is 0 Å². The highest BCUT2D eigenvalue weighted by molar-refractivity contribution is 6.15. The normalized spacial score (nSPS) is 31.6. The van der Waals surface area contributed by atoms with Crippen molar-refractivity contribution in [3.8, 4) is 5.75 Å². The quantitative estimate of drug-likeness (QED) is 0.391. The first kappa shape index (κ1) is 13.4. The molecule has 1 aliphatic carbocycles. The average Bonchev–Trinajstić information content (AvgIpc) is 2.74. The fourth-order valence-corrected chi connectivity index (χ4v) is 3.12. The summed E-state index contributed by atoms with van der Waals surface area (Å²) >= 11 is 0. The number of aromatic hydroxyl groups is 1. The Morgan fingerprint density at radius 3 is 2.55 bits per heavy atom. The van der Waals surface area contributed by atoms with E-state index in [0.717, 1.165) is 4.90 Å². The van der Waals surface area contributed by atoms with Crippen LogP contribution in [0.2, 0.25) is 0 Å². The summed E-state index contributed by atoms with van der Waals surface area (Å²) in [5, 5.41) is 39.5. The van der Waals surface area contributed by atoms with Crippen LogP contribution in [-0.2, 0) is 6.54 Å². The first-order valence-corrected chi connectivity index (χ1v) is 6.31. The van der Waals surface area contributed by atoms with Crippen LogP contribution in [0.4, 0.5) is 0 Å². The fourth-order valence-electron chi connectivity index (χ4n) is 3.12. The monoisotopic (exact) mass is 275 g/mol. The van der Waals surface area contributed by atoms with Crippen LogP contribution in [0.5, 0.6) is 5.75 Å². The van der Waals surface area contributed by atoms with E-state index in [0.29, 0.717) is 11.1 Å². The van der Waals surface area contributed by atoms with Gasteiger partial charge in [-0.15, -0.1) is 0 Å². The van der Waals surface area contributed by atoms with Crippen molar-refractivity contribution in [3.63, 3.8) is 0 Å². The van der Waals surface area contributed by atoms with Crippen LogP contribution < -0.4 is 0 Å². The lowest BCUT2D eigenvalue weighted by Crippen LogP contribution is -2.59. The molecule has 7 heteroatoms. The van der Waals surface area contributed by atoms with E-state index in [-0.39, 0.29) is 25.1 Å². The molecule has 2 aliphatic rings. The molecule has 2 atom stereocenters. The Hall–Kier alpha value is -1.57. The minimum absolute atomic E-state index is 0.0178. The highest BCUT2D eigenvalue weighted by Gasteiger charge is 2.57. The fraction of sp³-hybridized carbons (Fsp3) is 0.462. The van der Waals surface area contributed by atoms with Crippen LogP contribution in [0.15, 0.2) is 18.2 Å². The highest BCUT2D eigenvalue weighted by Crippen LogP contribution is 2.41. The molecule has 20 heavy (non-hydrogen) atoms. The Kier molecular flexibility index (Phi) is 2.66. The molecule has 3 rings (SSSR count). The Morgan fingerprint density at radius 2 is 1.95 bits per heavy atom. The lowest BCUT2D eigenvalue weighted by Gasteiger charge is -2.39. The molecule has 0 spiro atoms. The maximum atomic E-state index is 12.3. The van der Waals surface area contributed by atoms with Crippen molar-refractivity contribution in [1.82, 2.24) is 4.90 Å². The van der Waals surface area contributed by atoms with Gasteiger partial charge in [0, 0.05) is 24.0 Å². The molecule has 6 nitrogen and oxygen atoms in total. The third-order valence-electron chi connectivity index (χ3n) is 4.04. The number of carbonyl (C=O) groups is 1. The molecule has 1 fully saturated rings. The molecule has 1 saturated carbocycles. The van der Waals surface area contributed by atoms with Gasteiger partial charge in [0.25, 0.3) is 5.91 Å². The summed E-state index contributed by atoms with van der Waals surface area (Å²) in [5.41, 5.74) is -0.932. The van der Waals surface area contributed by atoms with E-state index in [4.69, 9.17) is 7.85 Å². The van der Waals surface area contributed by atoms with Crippen molar-refractivity contribution in [1.29, 1.82) is 0 Å². The van der Waals surface area contributed by atoms with Crippen LogP contribution in [0.25, 0.3) is 0 Å².